The van der Waals surface area contributed by atoms with E-state index in [4.69, 9.17) is 5.41 Å². The summed E-state index contributed by atoms with van der Waals surface area (Å²) in [5.74, 6) is 0. The monoisotopic (exact) mass is 150 g/mol. The number of H-pyrrole nitrogens is 1. The van der Waals surface area contributed by atoms with Crippen LogP contribution in [0.3, 0.4) is 0 Å². The van der Waals surface area contributed by atoms with E-state index in [0.29, 0.717) is 5.56 Å². The third-order valence-electron chi connectivity index (χ3n) is 1.56. The third-order valence-corrected chi connectivity index (χ3v) is 1.56. The van der Waals surface area contributed by atoms with Gasteiger partial charge in [-0.3, -0.25) is 4.79 Å². The van der Waals surface area contributed by atoms with Crippen molar-refractivity contribution in [1.29, 1.82) is 5.41 Å². The van der Waals surface area contributed by atoms with Gasteiger partial charge < -0.3 is 10.4 Å². The van der Waals surface area contributed by atoms with Gasteiger partial charge in [-0.15, -0.1) is 0 Å². The first-order chi connectivity index (χ1) is 5.27. The Morgan fingerprint density at radius 1 is 1.73 bits per heavy atom. The molecule has 3 nitrogen and oxygen atoms in total. The predicted octanol–water partition coefficient (Wildman–Crippen LogP) is 0.935. The highest BCUT2D eigenvalue weighted by atomic mass is 16.1. The normalized spacial score (nSPS) is 9.55. The SMILES string of the molecule is CCc1c[nH]c(=O)c(C=N)c1. The van der Waals surface area contributed by atoms with Crippen LogP contribution in [0.15, 0.2) is 17.1 Å². The van der Waals surface area contributed by atoms with Crippen LogP contribution in [0.1, 0.15) is 18.1 Å². The fraction of sp³-hybridized carbons (Fsp3) is 0.250. The lowest BCUT2D eigenvalue weighted by Gasteiger charge is -1.95. The van der Waals surface area contributed by atoms with E-state index in [0.717, 1.165) is 18.2 Å². The molecule has 0 aromatic carbocycles. The number of aromatic amines is 1. The largest absolute Gasteiger partial charge is 0.328 e. The Balaban J connectivity index is 3.23. The number of nitrogens with one attached hydrogen (secondary N) is 2. The predicted molar refractivity (Wildman–Crippen MR) is 44.3 cm³/mol. The lowest BCUT2D eigenvalue weighted by atomic mass is 10.2. The van der Waals surface area contributed by atoms with Gasteiger partial charge >= 0.3 is 0 Å². The van der Waals surface area contributed by atoms with Gasteiger partial charge in [0.25, 0.3) is 5.56 Å². The summed E-state index contributed by atoms with van der Waals surface area (Å²) >= 11 is 0. The van der Waals surface area contributed by atoms with E-state index in [1.165, 1.54) is 0 Å². The second-order valence-electron chi connectivity index (χ2n) is 2.29. The van der Waals surface area contributed by atoms with E-state index < -0.39 is 0 Å². The molecule has 0 radical (unpaired) electrons. The van der Waals surface area contributed by atoms with Crippen LogP contribution in [0, 0.1) is 5.41 Å². The summed E-state index contributed by atoms with van der Waals surface area (Å²) in [6, 6.07) is 1.73. The lowest BCUT2D eigenvalue weighted by molar-refractivity contribution is 1.08. The molecule has 0 fully saturated rings. The van der Waals surface area contributed by atoms with Crippen molar-refractivity contribution < 1.29 is 0 Å². The molecular formula is C8H10N2O. The average molecular weight is 150 g/mol. The molecule has 3 heteroatoms. The molecule has 11 heavy (non-hydrogen) atoms. The number of hydrogen-bond donors (Lipinski definition) is 2. The Bertz CT molecular complexity index is 314. The highest BCUT2D eigenvalue weighted by molar-refractivity contribution is 5.76. The summed E-state index contributed by atoms with van der Waals surface area (Å²) in [4.78, 5) is 13.5. The first-order valence-electron chi connectivity index (χ1n) is 3.50. The van der Waals surface area contributed by atoms with Crippen molar-refractivity contribution in [3.63, 3.8) is 0 Å². The third kappa shape index (κ3) is 1.55. The summed E-state index contributed by atoms with van der Waals surface area (Å²) in [6.07, 6.45) is 3.62. The first-order valence-corrected chi connectivity index (χ1v) is 3.50. The van der Waals surface area contributed by atoms with Crippen LogP contribution in [0.2, 0.25) is 0 Å². The molecule has 0 saturated heterocycles. The highest BCUT2D eigenvalue weighted by Crippen LogP contribution is 1.96. The molecule has 0 spiro atoms. The fourth-order valence-corrected chi connectivity index (χ4v) is 0.860. The molecular weight excluding hydrogens is 140 g/mol. The molecule has 0 atom stereocenters. The van der Waals surface area contributed by atoms with Crippen molar-refractivity contribution in [3.8, 4) is 0 Å². The first kappa shape index (κ1) is 7.72. The van der Waals surface area contributed by atoms with Crippen LogP contribution in [-0.4, -0.2) is 11.2 Å². The fourth-order valence-electron chi connectivity index (χ4n) is 0.860. The van der Waals surface area contributed by atoms with Gasteiger partial charge in [0.15, 0.2) is 0 Å². The van der Waals surface area contributed by atoms with Crippen molar-refractivity contribution >= 4 is 6.21 Å². The molecule has 0 aliphatic carbocycles. The Kier molecular flexibility index (Phi) is 2.21. The molecule has 2 N–H and O–H groups in total. The van der Waals surface area contributed by atoms with Crippen molar-refractivity contribution in [2.75, 3.05) is 0 Å². The van der Waals surface area contributed by atoms with Gasteiger partial charge in [0.2, 0.25) is 0 Å². The van der Waals surface area contributed by atoms with Gasteiger partial charge in [-0.05, 0) is 18.1 Å². The van der Waals surface area contributed by atoms with Gasteiger partial charge in [0.05, 0.1) is 5.56 Å². The molecule has 1 heterocycles. The minimum absolute atomic E-state index is 0.197. The number of aryl methyl sites for hydroxylation is 1. The summed E-state index contributed by atoms with van der Waals surface area (Å²) in [6.45, 7) is 2.00. The average Bonchev–Trinajstić information content (AvgIpc) is 2.05. The van der Waals surface area contributed by atoms with Crippen molar-refractivity contribution in [1.82, 2.24) is 4.98 Å². The summed E-state index contributed by atoms with van der Waals surface area (Å²) in [5.41, 5.74) is 1.27. The van der Waals surface area contributed by atoms with Gasteiger partial charge in [-0.2, -0.15) is 0 Å². The molecule has 0 aliphatic rings. The Labute approximate surface area is 64.6 Å². The van der Waals surface area contributed by atoms with E-state index in [1.54, 1.807) is 12.3 Å². The summed E-state index contributed by atoms with van der Waals surface area (Å²) in [5, 5.41) is 6.91. The van der Waals surface area contributed by atoms with Crippen LogP contribution in [0.5, 0.6) is 0 Å². The van der Waals surface area contributed by atoms with E-state index in [1.807, 2.05) is 6.92 Å². The number of hydrogen-bond acceptors (Lipinski definition) is 2. The second kappa shape index (κ2) is 3.14. The lowest BCUT2D eigenvalue weighted by Crippen LogP contribution is -2.11. The molecule has 1 aromatic rings. The molecule has 0 aliphatic heterocycles. The molecule has 0 bridgehead atoms. The number of pyridine rings is 1. The van der Waals surface area contributed by atoms with Crippen LogP contribution < -0.4 is 5.56 Å². The maximum Gasteiger partial charge on any atom is 0.256 e. The molecule has 0 unspecified atom stereocenters. The van der Waals surface area contributed by atoms with Crippen LogP contribution >= 0.6 is 0 Å². The van der Waals surface area contributed by atoms with Crippen LogP contribution in [-0.2, 0) is 6.42 Å². The van der Waals surface area contributed by atoms with Gasteiger partial charge in [-0.25, -0.2) is 0 Å². The minimum Gasteiger partial charge on any atom is -0.328 e. The van der Waals surface area contributed by atoms with E-state index in [9.17, 15) is 4.79 Å². The maximum absolute atomic E-state index is 10.9. The standard InChI is InChI=1S/C8H10N2O/c1-2-6-3-7(4-9)8(11)10-5-6/h3-5,9H,2H2,1H3,(H,10,11). The van der Waals surface area contributed by atoms with Crippen LogP contribution in [0.4, 0.5) is 0 Å². The number of rotatable bonds is 2. The Morgan fingerprint density at radius 3 is 3.00 bits per heavy atom. The molecule has 1 rings (SSSR count). The van der Waals surface area contributed by atoms with Crippen molar-refractivity contribution in [3.05, 3.63) is 33.7 Å². The molecule has 0 amide bonds. The zero-order valence-electron chi connectivity index (χ0n) is 6.35. The summed E-state index contributed by atoms with van der Waals surface area (Å²) in [7, 11) is 0. The molecule has 0 saturated carbocycles. The van der Waals surface area contributed by atoms with E-state index >= 15 is 0 Å². The molecule has 58 valence electrons. The maximum atomic E-state index is 10.9. The van der Waals surface area contributed by atoms with E-state index in [-0.39, 0.29) is 5.56 Å². The zero-order chi connectivity index (χ0) is 8.27. The van der Waals surface area contributed by atoms with Gasteiger partial charge in [-0.1, -0.05) is 6.92 Å². The summed E-state index contributed by atoms with van der Waals surface area (Å²) < 4.78 is 0. The Hall–Kier alpha value is -1.38. The van der Waals surface area contributed by atoms with Gasteiger partial charge in [0, 0.05) is 12.4 Å². The molecule has 1 aromatic heterocycles. The van der Waals surface area contributed by atoms with Gasteiger partial charge in [0.1, 0.15) is 0 Å². The topological polar surface area (TPSA) is 56.7 Å². The Morgan fingerprint density at radius 2 is 2.45 bits per heavy atom. The van der Waals surface area contributed by atoms with Crippen molar-refractivity contribution in [2.24, 2.45) is 0 Å². The minimum atomic E-state index is -0.197. The zero-order valence-corrected chi connectivity index (χ0v) is 6.35. The quantitative estimate of drug-likeness (QED) is 0.605. The second-order valence-corrected chi connectivity index (χ2v) is 2.29. The highest BCUT2D eigenvalue weighted by Gasteiger charge is 1.95. The van der Waals surface area contributed by atoms with E-state index in [2.05, 4.69) is 4.98 Å². The number of aromatic nitrogens is 1. The van der Waals surface area contributed by atoms with Crippen molar-refractivity contribution in [2.45, 2.75) is 13.3 Å². The van der Waals surface area contributed by atoms with Crippen LogP contribution in [0.25, 0.3) is 0 Å². The smallest absolute Gasteiger partial charge is 0.256 e.